The highest BCUT2D eigenvalue weighted by atomic mass is 16.5. The summed E-state index contributed by atoms with van der Waals surface area (Å²) in [5.74, 6) is 1.81. The highest BCUT2D eigenvalue weighted by molar-refractivity contribution is 5.98. The van der Waals surface area contributed by atoms with Crippen LogP contribution in [0.1, 0.15) is 21.5 Å². The largest absolute Gasteiger partial charge is 0.496 e. The van der Waals surface area contributed by atoms with E-state index in [4.69, 9.17) is 18.9 Å². The molecule has 1 N–H and O–H groups in total. The van der Waals surface area contributed by atoms with Crippen LogP contribution < -0.4 is 24.3 Å². The Kier molecular flexibility index (Phi) is 6.72. The number of hydrogen-bond acceptors (Lipinski definition) is 5. The maximum atomic E-state index is 12.6. The molecule has 0 saturated heterocycles. The number of methoxy groups -OCH3 is 4. The third-order valence-corrected chi connectivity index (χ3v) is 4.06. The molecule has 0 fully saturated rings. The SMILES string of the molecule is COc1ccc(C)cc1CCNC(=O)c1ccc(OC)c(OC)c1OC. The number of nitrogens with one attached hydrogen (secondary N) is 1. The number of carbonyl (C=O) groups is 1. The average Bonchev–Trinajstić information content (AvgIpc) is 2.66. The van der Waals surface area contributed by atoms with Gasteiger partial charge in [0.25, 0.3) is 5.91 Å². The van der Waals surface area contributed by atoms with Crippen molar-refractivity contribution in [2.24, 2.45) is 0 Å². The molecule has 0 bridgehead atoms. The third kappa shape index (κ3) is 4.20. The third-order valence-electron chi connectivity index (χ3n) is 4.06. The Labute approximate surface area is 154 Å². The molecule has 2 aromatic carbocycles. The van der Waals surface area contributed by atoms with E-state index in [0.29, 0.717) is 35.8 Å². The van der Waals surface area contributed by atoms with Crippen LogP contribution in [0.3, 0.4) is 0 Å². The highest BCUT2D eigenvalue weighted by Crippen LogP contribution is 2.39. The summed E-state index contributed by atoms with van der Waals surface area (Å²) in [4.78, 5) is 12.6. The van der Waals surface area contributed by atoms with Crippen molar-refractivity contribution in [2.75, 3.05) is 35.0 Å². The van der Waals surface area contributed by atoms with Gasteiger partial charge in [0.2, 0.25) is 5.75 Å². The van der Waals surface area contributed by atoms with E-state index in [9.17, 15) is 4.79 Å². The lowest BCUT2D eigenvalue weighted by molar-refractivity contribution is 0.0950. The molecule has 6 heteroatoms. The van der Waals surface area contributed by atoms with Gasteiger partial charge in [-0.15, -0.1) is 0 Å². The van der Waals surface area contributed by atoms with Crippen LogP contribution in [-0.4, -0.2) is 40.9 Å². The summed E-state index contributed by atoms with van der Waals surface area (Å²) in [5, 5.41) is 2.91. The molecule has 0 unspecified atom stereocenters. The zero-order chi connectivity index (χ0) is 19.1. The minimum atomic E-state index is -0.241. The number of carbonyl (C=O) groups excluding carboxylic acids is 1. The molecule has 0 aliphatic heterocycles. The van der Waals surface area contributed by atoms with Gasteiger partial charge in [-0.1, -0.05) is 17.7 Å². The highest BCUT2D eigenvalue weighted by Gasteiger charge is 2.20. The van der Waals surface area contributed by atoms with Gasteiger partial charge in [-0.3, -0.25) is 4.79 Å². The van der Waals surface area contributed by atoms with Crippen molar-refractivity contribution in [1.29, 1.82) is 0 Å². The fraction of sp³-hybridized carbons (Fsp3) is 0.350. The summed E-state index contributed by atoms with van der Waals surface area (Å²) in [7, 11) is 6.17. The Morgan fingerprint density at radius 1 is 0.885 bits per heavy atom. The van der Waals surface area contributed by atoms with Crippen LogP contribution in [0.2, 0.25) is 0 Å². The van der Waals surface area contributed by atoms with Crippen molar-refractivity contribution in [1.82, 2.24) is 5.32 Å². The second-order valence-electron chi connectivity index (χ2n) is 5.70. The van der Waals surface area contributed by atoms with Gasteiger partial charge in [0.1, 0.15) is 5.75 Å². The predicted molar refractivity (Wildman–Crippen MR) is 99.9 cm³/mol. The summed E-state index contributed by atoms with van der Waals surface area (Å²) in [6.07, 6.45) is 0.659. The molecule has 0 heterocycles. The fourth-order valence-electron chi connectivity index (χ4n) is 2.79. The van der Waals surface area contributed by atoms with Gasteiger partial charge in [-0.2, -0.15) is 0 Å². The maximum absolute atomic E-state index is 12.6. The number of hydrogen-bond donors (Lipinski definition) is 1. The summed E-state index contributed by atoms with van der Waals surface area (Å²) < 4.78 is 21.3. The van der Waals surface area contributed by atoms with E-state index in [2.05, 4.69) is 11.4 Å². The minimum Gasteiger partial charge on any atom is -0.496 e. The van der Waals surface area contributed by atoms with E-state index < -0.39 is 0 Å². The summed E-state index contributed by atoms with van der Waals surface area (Å²) in [5.41, 5.74) is 2.59. The molecular formula is C20H25NO5. The van der Waals surface area contributed by atoms with Crippen LogP contribution in [-0.2, 0) is 6.42 Å². The molecule has 6 nitrogen and oxygen atoms in total. The lowest BCUT2D eigenvalue weighted by Gasteiger charge is -2.16. The molecule has 0 atom stereocenters. The number of benzene rings is 2. The Morgan fingerprint density at radius 2 is 1.54 bits per heavy atom. The van der Waals surface area contributed by atoms with Crippen molar-refractivity contribution in [3.05, 3.63) is 47.0 Å². The second-order valence-corrected chi connectivity index (χ2v) is 5.70. The van der Waals surface area contributed by atoms with E-state index in [-0.39, 0.29) is 5.91 Å². The molecule has 0 aliphatic carbocycles. The van der Waals surface area contributed by atoms with Crippen molar-refractivity contribution in [3.63, 3.8) is 0 Å². The van der Waals surface area contributed by atoms with E-state index in [1.165, 1.54) is 21.3 Å². The van der Waals surface area contributed by atoms with Crippen molar-refractivity contribution in [3.8, 4) is 23.0 Å². The van der Waals surface area contributed by atoms with Gasteiger partial charge >= 0.3 is 0 Å². The number of rotatable bonds is 8. The minimum absolute atomic E-state index is 0.241. The van der Waals surface area contributed by atoms with Crippen LogP contribution in [0, 0.1) is 6.92 Å². The van der Waals surface area contributed by atoms with Crippen LogP contribution in [0.15, 0.2) is 30.3 Å². The van der Waals surface area contributed by atoms with Gasteiger partial charge in [-0.25, -0.2) is 0 Å². The molecule has 140 valence electrons. The molecular weight excluding hydrogens is 334 g/mol. The molecule has 0 spiro atoms. The predicted octanol–water partition coefficient (Wildman–Crippen LogP) is 3.00. The number of amides is 1. The molecule has 0 aromatic heterocycles. The molecule has 26 heavy (non-hydrogen) atoms. The van der Waals surface area contributed by atoms with Crippen molar-refractivity contribution >= 4 is 5.91 Å². The lowest BCUT2D eigenvalue weighted by Crippen LogP contribution is -2.26. The van der Waals surface area contributed by atoms with Gasteiger partial charge < -0.3 is 24.3 Å². The zero-order valence-electron chi connectivity index (χ0n) is 15.8. The maximum Gasteiger partial charge on any atom is 0.255 e. The summed E-state index contributed by atoms with van der Waals surface area (Å²) in [6.45, 7) is 2.49. The van der Waals surface area contributed by atoms with E-state index in [0.717, 1.165) is 16.9 Å². The fourth-order valence-corrected chi connectivity index (χ4v) is 2.79. The summed E-state index contributed by atoms with van der Waals surface area (Å²) >= 11 is 0. The normalized spacial score (nSPS) is 10.2. The smallest absolute Gasteiger partial charge is 0.255 e. The first-order valence-electron chi connectivity index (χ1n) is 8.26. The Bertz CT molecular complexity index is 773. The van der Waals surface area contributed by atoms with E-state index in [1.807, 2.05) is 19.1 Å². The number of aryl methyl sites for hydroxylation is 1. The first-order valence-corrected chi connectivity index (χ1v) is 8.26. The average molecular weight is 359 g/mol. The van der Waals surface area contributed by atoms with Crippen LogP contribution in [0.5, 0.6) is 23.0 Å². The van der Waals surface area contributed by atoms with Gasteiger partial charge in [-0.05, 0) is 37.1 Å². The monoisotopic (exact) mass is 359 g/mol. The van der Waals surface area contributed by atoms with Gasteiger partial charge in [0.05, 0.1) is 34.0 Å². The molecule has 0 aliphatic rings. The second kappa shape index (κ2) is 8.99. The Balaban J connectivity index is 2.12. The van der Waals surface area contributed by atoms with Crippen LogP contribution in [0.25, 0.3) is 0 Å². The Hall–Kier alpha value is -2.89. The van der Waals surface area contributed by atoms with Crippen LogP contribution in [0.4, 0.5) is 0 Å². The van der Waals surface area contributed by atoms with E-state index in [1.54, 1.807) is 19.2 Å². The topological polar surface area (TPSA) is 66.0 Å². The molecule has 2 rings (SSSR count). The first-order chi connectivity index (χ1) is 12.5. The van der Waals surface area contributed by atoms with E-state index >= 15 is 0 Å². The standard InChI is InChI=1S/C20H25NO5/c1-13-6-8-16(23-2)14(12-13)10-11-21-20(22)15-7-9-17(24-3)19(26-5)18(15)25-4/h6-9,12H,10-11H2,1-5H3,(H,21,22). The van der Waals surface area contributed by atoms with Gasteiger partial charge in [0.15, 0.2) is 11.5 Å². The Morgan fingerprint density at radius 3 is 2.15 bits per heavy atom. The van der Waals surface area contributed by atoms with Gasteiger partial charge in [0, 0.05) is 6.54 Å². The zero-order valence-corrected chi connectivity index (χ0v) is 15.8. The summed E-state index contributed by atoms with van der Waals surface area (Å²) in [6, 6.07) is 9.32. The molecule has 2 aromatic rings. The molecule has 0 saturated carbocycles. The van der Waals surface area contributed by atoms with Crippen LogP contribution >= 0.6 is 0 Å². The molecule has 1 amide bonds. The first kappa shape index (κ1) is 19.4. The molecule has 0 radical (unpaired) electrons. The number of ether oxygens (including phenoxy) is 4. The van der Waals surface area contributed by atoms with Crippen molar-refractivity contribution in [2.45, 2.75) is 13.3 Å². The lowest BCUT2D eigenvalue weighted by atomic mass is 10.1. The quantitative estimate of drug-likeness (QED) is 0.785. The van der Waals surface area contributed by atoms with Crippen molar-refractivity contribution < 1.29 is 23.7 Å².